The van der Waals surface area contributed by atoms with Crippen LogP contribution in [0.2, 0.25) is 0 Å². The summed E-state index contributed by atoms with van der Waals surface area (Å²) in [5.74, 6) is 0.495. The third-order valence-corrected chi connectivity index (χ3v) is 2.71. The molecule has 0 atom stereocenters. The molecule has 0 radical (unpaired) electrons. The van der Waals surface area contributed by atoms with Gasteiger partial charge in [0.15, 0.2) is 0 Å². The molecule has 1 saturated heterocycles. The first-order valence-electron chi connectivity index (χ1n) is 5.05. The topological polar surface area (TPSA) is 46.8 Å². The first-order valence-corrected chi connectivity index (χ1v) is 5.05. The molecule has 0 aromatic carbocycles. The molecule has 2 aromatic heterocycles. The summed E-state index contributed by atoms with van der Waals surface area (Å²) in [7, 11) is 0. The molecule has 1 fully saturated rings. The summed E-state index contributed by atoms with van der Waals surface area (Å²) in [6.07, 6.45) is 4.75. The van der Waals surface area contributed by atoms with E-state index in [4.69, 9.17) is 0 Å². The molecule has 1 aliphatic heterocycles. The van der Waals surface area contributed by atoms with Gasteiger partial charge in [-0.2, -0.15) is 0 Å². The number of hydrogen-bond acceptors (Lipinski definition) is 4. The van der Waals surface area contributed by atoms with Crippen molar-refractivity contribution >= 4 is 5.82 Å². The van der Waals surface area contributed by atoms with Crippen molar-refractivity contribution in [1.82, 2.24) is 20.0 Å². The Morgan fingerprint density at radius 1 is 1.31 bits per heavy atom. The average molecular weight is 219 g/mol. The predicted octanol–water partition coefficient (Wildman–Crippen LogP) is 0.874. The first-order chi connectivity index (χ1) is 7.83. The summed E-state index contributed by atoms with van der Waals surface area (Å²) in [5.41, 5.74) is 0. The number of pyridine rings is 1. The lowest BCUT2D eigenvalue weighted by molar-refractivity contribution is 0.358. The molecule has 0 spiro atoms. The van der Waals surface area contributed by atoms with Gasteiger partial charge in [0.05, 0.1) is 18.4 Å². The van der Waals surface area contributed by atoms with Crippen LogP contribution in [-0.2, 0) is 0 Å². The normalized spacial score (nSPS) is 16.2. The summed E-state index contributed by atoms with van der Waals surface area (Å²) in [4.78, 5) is 6.10. The highest BCUT2D eigenvalue weighted by Crippen LogP contribution is 2.25. The summed E-state index contributed by atoms with van der Waals surface area (Å²) >= 11 is 0. The fraction of sp³-hybridized carbons (Fsp3) is 0.300. The van der Waals surface area contributed by atoms with Crippen molar-refractivity contribution < 1.29 is 4.39 Å². The largest absolute Gasteiger partial charge is 0.352 e. The molecule has 5 nitrogen and oxygen atoms in total. The zero-order chi connectivity index (χ0) is 11.0. The molecule has 3 heterocycles. The lowest BCUT2D eigenvalue weighted by Gasteiger charge is -2.39. The van der Waals surface area contributed by atoms with Gasteiger partial charge in [-0.3, -0.25) is 0 Å². The molecule has 0 saturated carbocycles. The van der Waals surface area contributed by atoms with Crippen LogP contribution in [0, 0.1) is 5.82 Å². The van der Waals surface area contributed by atoms with E-state index in [0.717, 1.165) is 18.9 Å². The monoisotopic (exact) mass is 219 g/mol. The SMILES string of the molecule is Fc1ccc(N2CC(n3ccnn3)C2)nc1. The zero-order valence-corrected chi connectivity index (χ0v) is 8.49. The second-order valence-electron chi connectivity index (χ2n) is 3.78. The van der Waals surface area contributed by atoms with Gasteiger partial charge in [0.25, 0.3) is 0 Å². The van der Waals surface area contributed by atoms with Gasteiger partial charge in [-0.05, 0) is 12.1 Å². The Kier molecular flexibility index (Phi) is 2.05. The van der Waals surface area contributed by atoms with Gasteiger partial charge < -0.3 is 4.90 Å². The molecule has 0 aliphatic carbocycles. The smallest absolute Gasteiger partial charge is 0.141 e. The zero-order valence-electron chi connectivity index (χ0n) is 8.49. The number of nitrogens with zero attached hydrogens (tertiary/aromatic N) is 5. The van der Waals surface area contributed by atoms with Crippen LogP contribution in [0.15, 0.2) is 30.7 Å². The Morgan fingerprint density at radius 2 is 2.19 bits per heavy atom. The molecule has 16 heavy (non-hydrogen) atoms. The second-order valence-corrected chi connectivity index (χ2v) is 3.78. The predicted molar refractivity (Wildman–Crippen MR) is 55.5 cm³/mol. The third kappa shape index (κ3) is 1.52. The second kappa shape index (κ2) is 3.55. The Labute approximate surface area is 91.5 Å². The van der Waals surface area contributed by atoms with Crippen LogP contribution >= 0.6 is 0 Å². The van der Waals surface area contributed by atoms with Crippen molar-refractivity contribution in [3.8, 4) is 0 Å². The van der Waals surface area contributed by atoms with Crippen LogP contribution < -0.4 is 4.90 Å². The third-order valence-electron chi connectivity index (χ3n) is 2.71. The summed E-state index contributed by atoms with van der Waals surface area (Å²) in [6.45, 7) is 1.67. The van der Waals surface area contributed by atoms with E-state index >= 15 is 0 Å². The van der Waals surface area contributed by atoms with Crippen molar-refractivity contribution in [2.24, 2.45) is 0 Å². The highest BCUT2D eigenvalue weighted by Gasteiger charge is 2.29. The van der Waals surface area contributed by atoms with E-state index < -0.39 is 0 Å². The van der Waals surface area contributed by atoms with Crippen molar-refractivity contribution in [3.63, 3.8) is 0 Å². The number of halogens is 1. The lowest BCUT2D eigenvalue weighted by Crippen LogP contribution is -2.48. The molecule has 82 valence electrons. The summed E-state index contributed by atoms with van der Waals surface area (Å²) in [6, 6.07) is 3.45. The molecule has 0 N–H and O–H groups in total. The highest BCUT2D eigenvalue weighted by molar-refractivity contribution is 5.41. The van der Waals surface area contributed by atoms with Crippen molar-refractivity contribution in [2.45, 2.75) is 6.04 Å². The molecular formula is C10H10FN5. The number of anilines is 1. The maximum absolute atomic E-state index is 12.7. The highest BCUT2D eigenvalue weighted by atomic mass is 19.1. The van der Waals surface area contributed by atoms with E-state index in [-0.39, 0.29) is 5.82 Å². The molecule has 6 heteroatoms. The van der Waals surface area contributed by atoms with Gasteiger partial charge in [-0.1, -0.05) is 5.21 Å². The number of hydrogen-bond donors (Lipinski definition) is 0. The minimum absolute atomic E-state index is 0.308. The standard InChI is InChI=1S/C10H10FN5/c11-8-1-2-10(12-5-8)15-6-9(7-15)16-4-3-13-14-16/h1-5,9H,6-7H2. The van der Waals surface area contributed by atoms with E-state index in [0.29, 0.717) is 6.04 Å². The van der Waals surface area contributed by atoms with Crippen LogP contribution in [-0.4, -0.2) is 33.1 Å². The average Bonchev–Trinajstić information content (AvgIpc) is 2.72. The minimum atomic E-state index is -0.308. The Balaban J connectivity index is 1.67. The molecule has 3 rings (SSSR count). The fourth-order valence-corrected chi connectivity index (χ4v) is 1.78. The van der Waals surface area contributed by atoms with E-state index in [2.05, 4.69) is 20.2 Å². The number of aromatic nitrogens is 4. The maximum atomic E-state index is 12.7. The quantitative estimate of drug-likeness (QED) is 0.752. The van der Waals surface area contributed by atoms with Crippen molar-refractivity contribution in [2.75, 3.05) is 18.0 Å². The van der Waals surface area contributed by atoms with Gasteiger partial charge >= 0.3 is 0 Å². The van der Waals surface area contributed by atoms with Crippen LogP contribution in [0.1, 0.15) is 6.04 Å². The number of rotatable bonds is 2. The van der Waals surface area contributed by atoms with E-state index in [1.807, 2.05) is 10.9 Å². The molecule has 0 unspecified atom stereocenters. The Hall–Kier alpha value is -1.98. The van der Waals surface area contributed by atoms with Gasteiger partial charge in [0, 0.05) is 19.3 Å². The van der Waals surface area contributed by atoms with E-state index in [1.54, 1.807) is 12.3 Å². The molecular weight excluding hydrogens is 209 g/mol. The van der Waals surface area contributed by atoms with Crippen LogP contribution in [0.5, 0.6) is 0 Å². The van der Waals surface area contributed by atoms with Crippen LogP contribution in [0.4, 0.5) is 10.2 Å². The molecule has 2 aromatic rings. The lowest BCUT2D eigenvalue weighted by atomic mass is 10.1. The van der Waals surface area contributed by atoms with E-state index in [1.165, 1.54) is 12.3 Å². The van der Waals surface area contributed by atoms with Crippen LogP contribution in [0.3, 0.4) is 0 Å². The molecule has 1 aliphatic rings. The van der Waals surface area contributed by atoms with Gasteiger partial charge in [0.2, 0.25) is 0 Å². The van der Waals surface area contributed by atoms with Gasteiger partial charge in [-0.15, -0.1) is 5.10 Å². The summed E-state index contributed by atoms with van der Waals surface area (Å²) in [5, 5.41) is 7.70. The molecule has 0 amide bonds. The van der Waals surface area contributed by atoms with Crippen molar-refractivity contribution in [1.29, 1.82) is 0 Å². The molecule has 0 bridgehead atoms. The van der Waals surface area contributed by atoms with E-state index in [9.17, 15) is 4.39 Å². The van der Waals surface area contributed by atoms with Crippen molar-refractivity contribution in [3.05, 3.63) is 36.5 Å². The first kappa shape index (κ1) is 9.26. The van der Waals surface area contributed by atoms with Crippen LogP contribution in [0.25, 0.3) is 0 Å². The summed E-state index contributed by atoms with van der Waals surface area (Å²) < 4.78 is 14.5. The van der Waals surface area contributed by atoms with Gasteiger partial charge in [0.1, 0.15) is 11.6 Å². The Morgan fingerprint density at radius 3 is 2.81 bits per heavy atom. The van der Waals surface area contributed by atoms with Gasteiger partial charge in [-0.25, -0.2) is 14.1 Å². The fourth-order valence-electron chi connectivity index (χ4n) is 1.78. The minimum Gasteiger partial charge on any atom is -0.352 e. The maximum Gasteiger partial charge on any atom is 0.141 e. The Bertz CT molecular complexity index is 460.